The van der Waals surface area contributed by atoms with Crippen LogP contribution in [0.5, 0.6) is 0 Å². The largest absolute Gasteiger partial charge is 0.441 e. The molecule has 0 spiro atoms. The summed E-state index contributed by atoms with van der Waals surface area (Å²) in [5.74, 6) is 0.583. The Balaban J connectivity index is 0.00000323. The molecule has 2 aromatic heterocycles. The van der Waals surface area contributed by atoms with Gasteiger partial charge in [0.25, 0.3) is 0 Å². The second-order valence-electron chi connectivity index (χ2n) is 9.43. The van der Waals surface area contributed by atoms with E-state index in [2.05, 4.69) is 9.97 Å². The molecular formula is C30H22F6N2O2. The molecule has 6 rings (SSSR count). The van der Waals surface area contributed by atoms with Gasteiger partial charge in [-0.05, 0) is 65.2 Å². The lowest BCUT2D eigenvalue weighted by Gasteiger charge is -2.38. The van der Waals surface area contributed by atoms with Crippen molar-refractivity contribution in [2.45, 2.75) is 39.0 Å². The van der Waals surface area contributed by atoms with Crippen molar-refractivity contribution in [1.29, 1.82) is 0 Å². The molecule has 0 aliphatic rings. The van der Waals surface area contributed by atoms with Crippen molar-refractivity contribution in [3.05, 3.63) is 95.4 Å². The van der Waals surface area contributed by atoms with E-state index in [9.17, 15) is 26.3 Å². The highest BCUT2D eigenvalue weighted by molar-refractivity contribution is 6.00. The zero-order valence-corrected chi connectivity index (χ0v) is 20.4. The van der Waals surface area contributed by atoms with Gasteiger partial charge in [-0.25, -0.2) is 9.97 Å². The number of hydrogen-bond acceptors (Lipinski definition) is 4. The normalized spacial score (nSPS) is 12.8. The number of fused-ring (bicyclic) bond motifs is 3. The maximum atomic E-state index is 14.4. The average Bonchev–Trinajstić information content (AvgIpc) is 3.42. The molecule has 0 N–H and O–H groups in total. The van der Waals surface area contributed by atoms with Crippen molar-refractivity contribution in [1.82, 2.24) is 9.97 Å². The Hall–Kier alpha value is -4.34. The summed E-state index contributed by atoms with van der Waals surface area (Å²) in [6.07, 6.45) is -11.3. The molecule has 0 bridgehead atoms. The summed E-state index contributed by atoms with van der Waals surface area (Å²) in [5, 5.41) is 1.61. The lowest BCUT2D eigenvalue weighted by atomic mass is 9.72. The summed E-state index contributed by atoms with van der Waals surface area (Å²) in [6.45, 7) is 3.32. The van der Waals surface area contributed by atoms with Gasteiger partial charge in [0.05, 0.1) is 0 Å². The minimum Gasteiger partial charge on any atom is -0.441 e. The monoisotopic (exact) mass is 556 g/mol. The van der Waals surface area contributed by atoms with Crippen molar-refractivity contribution in [3.8, 4) is 11.5 Å². The summed E-state index contributed by atoms with van der Waals surface area (Å²) >= 11 is 0. The van der Waals surface area contributed by atoms with Gasteiger partial charge in [0.1, 0.15) is 11.0 Å². The van der Waals surface area contributed by atoms with Crippen molar-refractivity contribution in [2.75, 3.05) is 0 Å². The molecule has 206 valence electrons. The van der Waals surface area contributed by atoms with Crippen molar-refractivity contribution in [3.63, 3.8) is 0 Å². The van der Waals surface area contributed by atoms with Crippen LogP contribution in [-0.4, -0.2) is 22.3 Å². The smallest absolute Gasteiger partial charge is 0.411 e. The molecule has 10 heteroatoms. The molecular weight excluding hydrogens is 534 g/mol. The SMILES string of the molecule is C.Cc1ccc(C(c2ccc(-c3nc4cc5cc6nc(C)oc6cc5cc4o3)cc2)(C(F)(F)F)C(F)(F)F)cc1. The molecule has 0 unspecified atom stereocenters. The molecule has 6 aromatic rings. The van der Waals surface area contributed by atoms with E-state index in [0.717, 1.165) is 47.2 Å². The Bertz CT molecular complexity index is 1760. The Kier molecular flexibility index (Phi) is 6.20. The molecule has 0 aliphatic carbocycles. The van der Waals surface area contributed by atoms with E-state index in [1.54, 1.807) is 32.0 Å². The Morgan fingerprint density at radius 3 is 1.62 bits per heavy atom. The highest BCUT2D eigenvalue weighted by Crippen LogP contribution is 2.56. The van der Waals surface area contributed by atoms with Crippen LogP contribution in [0.1, 0.15) is 30.0 Å². The topological polar surface area (TPSA) is 52.1 Å². The van der Waals surface area contributed by atoms with Crippen LogP contribution in [0.2, 0.25) is 0 Å². The molecule has 0 aliphatic heterocycles. The molecule has 0 fully saturated rings. The van der Waals surface area contributed by atoms with Crippen LogP contribution in [0.3, 0.4) is 0 Å². The number of oxazole rings is 2. The predicted molar refractivity (Wildman–Crippen MR) is 140 cm³/mol. The summed E-state index contributed by atoms with van der Waals surface area (Å²) in [5.41, 5.74) is -3.17. The van der Waals surface area contributed by atoms with Gasteiger partial charge in [0.2, 0.25) is 11.3 Å². The van der Waals surface area contributed by atoms with E-state index < -0.39 is 28.9 Å². The first kappa shape index (κ1) is 27.2. The van der Waals surface area contributed by atoms with Crippen LogP contribution in [-0.2, 0) is 5.41 Å². The van der Waals surface area contributed by atoms with Gasteiger partial charge in [-0.15, -0.1) is 0 Å². The highest BCUT2D eigenvalue weighted by atomic mass is 19.4. The third-order valence-corrected chi connectivity index (χ3v) is 6.86. The van der Waals surface area contributed by atoms with Crippen LogP contribution in [0.4, 0.5) is 26.3 Å². The first-order chi connectivity index (χ1) is 18.4. The van der Waals surface area contributed by atoms with Crippen molar-refractivity contribution in [2.24, 2.45) is 0 Å². The summed E-state index contributed by atoms with van der Waals surface area (Å²) < 4.78 is 97.7. The first-order valence-corrected chi connectivity index (χ1v) is 11.8. The number of hydrogen-bond donors (Lipinski definition) is 0. The Labute approximate surface area is 224 Å². The van der Waals surface area contributed by atoms with Crippen molar-refractivity contribution < 1.29 is 35.2 Å². The van der Waals surface area contributed by atoms with Crippen molar-refractivity contribution >= 4 is 33.0 Å². The van der Waals surface area contributed by atoms with Gasteiger partial charge in [-0.1, -0.05) is 49.4 Å². The van der Waals surface area contributed by atoms with Crippen LogP contribution in [0.15, 0.2) is 81.6 Å². The van der Waals surface area contributed by atoms with E-state index in [0.29, 0.717) is 33.7 Å². The molecule has 2 heterocycles. The molecule has 4 aromatic carbocycles. The Morgan fingerprint density at radius 1 is 0.600 bits per heavy atom. The minimum atomic E-state index is -5.66. The third kappa shape index (κ3) is 4.09. The maximum Gasteiger partial charge on any atom is 0.411 e. The molecule has 4 nitrogen and oxygen atoms in total. The zero-order chi connectivity index (χ0) is 27.7. The van der Waals surface area contributed by atoms with E-state index in [-0.39, 0.29) is 18.9 Å². The van der Waals surface area contributed by atoms with Gasteiger partial charge >= 0.3 is 12.4 Å². The molecule has 0 saturated heterocycles. The number of alkyl halides is 6. The fourth-order valence-electron chi connectivity index (χ4n) is 4.98. The van der Waals surface area contributed by atoms with E-state index in [4.69, 9.17) is 8.83 Å². The van der Waals surface area contributed by atoms with Gasteiger partial charge in [-0.3, -0.25) is 0 Å². The fourth-order valence-corrected chi connectivity index (χ4v) is 4.98. The van der Waals surface area contributed by atoms with Gasteiger partial charge in [0, 0.05) is 12.5 Å². The van der Waals surface area contributed by atoms with E-state index >= 15 is 0 Å². The predicted octanol–water partition coefficient (Wildman–Crippen LogP) is 9.45. The zero-order valence-electron chi connectivity index (χ0n) is 20.4. The Morgan fingerprint density at radius 2 is 1.07 bits per heavy atom. The quantitative estimate of drug-likeness (QED) is 0.204. The lowest BCUT2D eigenvalue weighted by molar-refractivity contribution is -0.288. The second kappa shape index (κ2) is 9.11. The number of aryl methyl sites for hydroxylation is 2. The molecule has 40 heavy (non-hydrogen) atoms. The number of halogens is 6. The first-order valence-electron chi connectivity index (χ1n) is 11.8. The second-order valence-corrected chi connectivity index (χ2v) is 9.43. The summed E-state index contributed by atoms with van der Waals surface area (Å²) in [7, 11) is 0. The molecule has 0 saturated carbocycles. The van der Waals surface area contributed by atoms with Gasteiger partial charge in [-0.2, -0.15) is 26.3 Å². The average molecular weight is 557 g/mol. The summed E-state index contributed by atoms with van der Waals surface area (Å²) in [6, 6.07) is 15.3. The lowest BCUT2D eigenvalue weighted by Crippen LogP contribution is -2.54. The number of benzene rings is 4. The number of aromatic nitrogens is 2. The minimum absolute atomic E-state index is 0. The highest BCUT2D eigenvalue weighted by Gasteiger charge is 2.72. The molecule has 0 amide bonds. The fraction of sp³-hybridized carbons (Fsp3) is 0.200. The van der Waals surface area contributed by atoms with Crippen LogP contribution in [0, 0.1) is 13.8 Å². The standard InChI is InChI=1S/C29H18F6N2O2.CH4/c1-15-3-7-20(8-4-15)27(28(30,31)32,29(33,34)35)21-9-5-17(6-10-21)26-37-23-12-18-11-22-24(38-16(2)36-22)13-19(18)14-25(23)39-26;/h3-14H,1-2H3;1H4. The maximum absolute atomic E-state index is 14.4. The third-order valence-electron chi connectivity index (χ3n) is 6.86. The molecule has 0 atom stereocenters. The van der Waals surface area contributed by atoms with Gasteiger partial charge in [0.15, 0.2) is 17.1 Å². The van der Waals surface area contributed by atoms with Crippen LogP contribution < -0.4 is 0 Å². The van der Waals surface area contributed by atoms with E-state index in [1.165, 1.54) is 12.1 Å². The summed E-state index contributed by atoms with van der Waals surface area (Å²) in [4.78, 5) is 8.73. The van der Waals surface area contributed by atoms with E-state index in [1.807, 2.05) is 6.07 Å². The number of nitrogens with zero attached hydrogens (tertiary/aromatic N) is 2. The molecule has 0 radical (unpaired) electrons. The number of rotatable bonds is 3. The van der Waals surface area contributed by atoms with Crippen LogP contribution >= 0.6 is 0 Å². The van der Waals surface area contributed by atoms with Crippen LogP contribution in [0.25, 0.3) is 44.4 Å². The van der Waals surface area contributed by atoms with Gasteiger partial charge < -0.3 is 8.83 Å².